The number of aromatic nitrogens is 3. The third-order valence-corrected chi connectivity index (χ3v) is 3.95. The van der Waals surface area contributed by atoms with Gasteiger partial charge in [0, 0.05) is 27.2 Å². The lowest BCUT2D eigenvalue weighted by Crippen LogP contribution is -2.23. The summed E-state index contributed by atoms with van der Waals surface area (Å²) in [6, 6.07) is 0. The van der Waals surface area contributed by atoms with Crippen LogP contribution in [0.3, 0.4) is 0 Å². The van der Waals surface area contributed by atoms with Crippen molar-refractivity contribution in [3.05, 3.63) is 0 Å². The van der Waals surface area contributed by atoms with Gasteiger partial charge >= 0.3 is 0 Å². The molecule has 21 heavy (non-hydrogen) atoms. The third-order valence-electron chi connectivity index (χ3n) is 3.95. The first kappa shape index (κ1) is 15.8. The maximum atomic E-state index is 4.47. The molecular weight excluding hydrogens is 264 g/mol. The van der Waals surface area contributed by atoms with Crippen molar-refractivity contribution in [1.82, 2.24) is 15.0 Å². The highest BCUT2D eigenvalue weighted by atomic mass is 15.3. The predicted molar refractivity (Wildman–Crippen MR) is 87.9 cm³/mol. The van der Waals surface area contributed by atoms with Gasteiger partial charge in [-0.15, -0.1) is 0 Å². The fourth-order valence-electron chi connectivity index (χ4n) is 2.86. The van der Waals surface area contributed by atoms with Gasteiger partial charge in [-0.25, -0.2) is 0 Å². The molecule has 1 aliphatic carbocycles. The minimum atomic E-state index is 0.635. The van der Waals surface area contributed by atoms with Crippen molar-refractivity contribution < 1.29 is 0 Å². The van der Waals surface area contributed by atoms with Gasteiger partial charge in [-0.1, -0.05) is 19.8 Å². The van der Waals surface area contributed by atoms with E-state index in [1.165, 1.54) is 25.7 Å². The Morgan fingerprint density at radius 2 is 1.81 bits per heavy atom. The molecule has 0 saturated heterocycles. The molecule has 0 aromatic carbocycles. The van der Waals surface area contributed by atoms with Crippen LogP contribution in [0.25, 0.3) is 0 Å². The topological polar surface area (TPSA) is 66.0 Å². The van der Waals surface area contributed by atoms with E-state index in [-0.39, 0.29) is 0 Å². The SMILES string of the molecule is CCNc1nc(NCC2CCCC(C)C2)nc(N(C)C)n1. The molecule has 0 spiro atoms. The third kappa shape index (κ3) is 4.72. The van der Waals surface area contributed by atoms with E-state index in [9.17, 15) is 0 Å². The summed E-state index contributed by atoms with van der Waals surface area (Å²) >= 11 is 0. The highest BCUT2D eigenvalue weighted by Gasteiger charge is 2.19. The van der Waals surface area contributed by atoms with E-state index in [2.05, 4.69) is 32.5 Å². The first-order valence-corrected chi connectivity index (χ1v) is 7.99. The average molecular weight is 292 g/mol. The normalized spacial score (nSPS) is 21.9. The van der Waals surface area contributed by atoms with Crippen molar-refractivity contribution in [3.8, 4) is 0 Å². The van der Waals surface area contributed by atoms with Crippen LogP contribution >= 0.6 is 0 Å². The van der Waals surface area contributed by atoms with Crippen molar-refractivity contribution >= 4 is 17.8 Å². The molecule has 0 radical (unpaired) electrons. The van der Waals surface area contributed by atoms with Crippen LogP contribution in [0.4, 0.5) is 17.8 Å². The minimum Gasteiger partial charge on any atom is -0.354 e. The van der Waals surface area contributed by atoms with Crippen LogP contribution in [0.15, 0.2) is 0 Å². The van der Waals surface area contributed by atoms with Crippen molar-refractivity contribution in [2.75, 3.05) is 42.7 Å². The molecule has 6 nitrogen and oxygen atoms in total. The molecule has 1 heterocycles. The van der Waals surface area contributed by atoms with Crippen LogP contribution in [0, 0.1) is 11.8 Å². The second-order valence-electron chi connectivity index (χ2n) is 6.23. The molecule has 1 fully saturated rings. The molecule has 118 valence electrons. The zero-order chi connectivity index (χ0) is 15.2. The van der Waals surface area contributed by atoms with E-state index >= 15 is 0 Å². The Kier molecular flexibility index (Phi) is 5.59. The van der Waals surface area contributed by atoms with E-state index in [1.807, 2.05) is 25.9 Å². The van der Waals surface area contributed by atoms with E-state index in [0.29, 0.717) is 17.8 Å². The largest absolute Gasteiger partial charge is 0.354 e. The Bertz CT molecular complexity index is 448. The zero-order valence-corrected chi connectivity index (χ0v) is 13.7. The van der Waals surface area contributed by atoms with Gasteiger partial charge in [0.05, 0.1) is 0 Å². The Morgan fingerprint density at radius 1 is 1.10 bits per heavy atom. The lowest BCUT2D eigenvalue weighted by molar-refractivity contribution is 0.293. The van der Waals surface area contributed by atoms with Gasteiger partial charge in [0.25, 0.3) is 0 Å². The van der Waals surface area contributed by atoms with Crippen molar-refractivity contribution in [2.24, 2.45) is 11.8 Å². The summed E-state index contributed by atoms with van der Waals surface area (Å²) < 4.78 is 0. The molecule has 1 aromatic heterocycles. The smallest absolute Gasteiger partial charge is 0.231 e. The first-order valence-electron chi connectivity index (χ1n) is 7.99. The summed E-state index contributed by atoms with van der Waals surface area (Å²) in [5, 5.41) is 6.56. The fraction of sp³-hybridized carbons (Fsp3) is 0.800. The summed E-state index contributed by atoms with van der Waals surface area (Å²) in [7, 11) is 3.88. The minimum absolute atomic E-state index is 0.635. The summed E-state index contributed by atoms with van der Waals surface area (Å²) in [6.07, 6.45) is 5.33. The number of hydrogen-bond acceptors (Lipinski definition) is 6. The zero-order valence-electron chi connectivity index (χ0n) is 13.7. The summed E-state index contributed by atoms with van der Waals surface area (Å²) in [5.74, 6) is 3.56. The molecule has 0 amide bonds. The number of rotatable bonds is 6. The van der Waals surface area contributed by atoms with Crippen molar-refractivity contribution in [2.45, 2.75) is 39.5 Å². The van der Waals surface area contributed by atoms with E-state index in [0.717, 1.165) is 24.9 Å². The van der Waals surface area contributed by atoms with Gasteiger partial charge in [0.2, 0.25) is 17.8 Å². The predicted octanol–water partition coefficient (Wildman–Crippen LogP) is 2.61. The van der Waals surface area contributed by atoms with Gasteiger partial charge < -0.3 is 15.5 Å². The van der Waals surface area contributed by atoms with E-state index in [4.69, 9.17) is 0 Å². The molecule has 2 atom stereocenters. The number of anilines is 3. The Morgan fingerprint density at radius 3 is 2.43 bits per heavy atom. The molecule has 1 aliphatic rings. The van der Waals surface area contributed by atoms with E-state index in [1.54, 1.807) is 0 Å². The monoisotopic (exact) mass is 292 g/mol. The molecule has 0 bridgehead atoms. The maximum Gasteiger partial charge on any atom is 0.231 e. The van der Waals surface area contributed by atoms with Crippen LogP contribution < -0.4 is 15.5 Å². The van der Waals surface area contributed by atoms with Gasteiger partial charge in [-0.3, -0.25) is 0 Å². The summed E-state index contributed by atoms with van der Waals surface area (Å²) in [4.78, 5) is 15.2. The molecule has 1 saturated carbocycles. The highest BCUT2D eigenvalue weighted by Crippen LogP contribution is 2.28. The van der Waals surface area contributed by atoms with Gasteiger partial charge in [0.1, 0.15) is 0 Å². The number of nitrogens with zero attached hydrogens (tertiary/aromatic N) is 4. The summed E-state index contributed by atoms with van der Waals surface area (Å²) in [5.41, 5.74) is 0. The lowest BCUT2D eigenvalue weighted by Gasteiger charge is -2.26. The molecule has 2 rings (SSSR count). The van der Waals surface area contributed by atoms with Crippen molar-refractivity contribution in [1.29, 1.82) is 0 Å². The maximum absolute atomic E-state index is 4.47. The first-order chi connectivity index (χ1) is 10.1. The van der Waals surface area contributed by atoms with Crippen molar-refractivity contribution in [3.63, 3.8) is 0 Å². The Balaban J connectivity index is 2.00. The van der Waals surface area contributed by atoms with Crippen LogP contribution in [0.2, 0.25) is 0 Å². The number of hydrogen-bond donors (Lipinski definition) is 2. The molecule has 0 aliphatic heterocycles. The second kappa shape index (κ2) is 7.43. The standard InChI is InChI=1S/C15H28N6/c1-5-16-13-18-14(20-15(19-13)21(3)4)17-10-12-8-6-7-11(2)9-12/h11-12H,5-10H2,1-4H3,(H2,16,17,18,19,20). The van der Waals surface area contributed by atoms with Crippen LogP contribution in [-0.2, 0) is 0 Å². The van der Waals surface area contributed by atoms with Crippen LogP contribution in [0.5, 0.6) is 0 Å². The molecular formula is C15H28N6. The summed E-state index contributed by atoms with van der Waals surface area (Å²) in [6.45, 7) is 6.14. The van der Waals surface area contributed by atoms with Crippen LogP contribution in [-0.4, -0.2) is 42.1 Å². The second-order valence-corrected chi connectivity index (χ2v) is 6.23. The fourth-order valence-corrected chi connectivity index (χ4v) is 2.86. The molecule has 2 unspecified atom stereocenters. The molecule has 1 aromatic rings. The number of nitrogens with one attached hydrogen (secondary N) is 2. The highest BCUT2D eigenvalue weighted by molar-refractivity contribution is 5.42. The molecule has 6 heteroatoms. The van der Waals surface area contributed by atoms with Crippen LogP contribution in [0.1, 0.15) is 39.5 Å². The van der Waals surface area contributed by atoms with Gasteiger partial charge in [-0.05, 0) is 31.6 Å². The average Bonchev–Trinajstić information content (AvgIpc) is 2.45. The quantitative estimate of drug-likeness (QED) is 0.840. The Hall–Kier alpha value is -1.59. The Labute approximate surface area is 127 Å². The van der Waals surface area contributed by atoms with Gasteiger partial charge in [-0.2, -0.15) is 15.0 Å². The lowest BCUT2D eigenvalue weighted by atomic mass is 9.82. The van der Waals surface area contributed by atoms with Gasteiger partial charge in [0.15, 0.2) is 0 Å². The molecule has 2 N–H and O–H groups in total. The van der Waals surface area contributed by atoms with E-state index < -0.39 is 0 Å².